The third-order valence-electron chi connectivity index (χ3n) is 5.09. The molecule has 2 aliphatic heterocycles. The summed E-state index contributed by atoms with van der Waals surface area (Å²) in [5.74, 6) is 0.859. The molecule has 4 rings (SSSR count). The van der Waals surface area contributed by atoms with E-state index in [4.69, 9.17) is 9.73 Å². The Morgan fingerprint density at radius 1 is 1.31 bits per heavy atom. The van der Waals surface area contributed by atoms with E-state index in [1.54, 1.807) is 6.26 Å². The van der Waals surface area contributed by atoms with Crippen molar-refractivity contribution in [2.24, 2.45) is 4.99 Å². The molecule has 0 bridgehead atoms. The number of allylic oxidation sites excluding steroid dienone is 3. The third-order valence-corrected chi connectivity index (χ3v) is 5.09. The Morgan fingerprint density at radius 2 is 2.12 bits per heavy atom. The number of hydrogen-bond acceptors (Lipinski definition) is 5. The van der Waals surface area contributed by atoms with Crippen LogP contribution in [0, 0.1) is 0 Å². The van der Waals surface area contributed by atoms with Crippen LogP contribution in [0.25, 0.3) is 0 Å². The van der Waals surface area contributed by atoms with Crippen molar-refractivity contribution in [1.29, 1.82) is 0 Å². The van der Waals surface area contributed by atoms with E-state index in [0.29, 0.717) is 0 Å². The molecule has 5 nitrogen and oxygen atoms in total. The SMILES string of the molecule is CC1(C)N=C2CC3=CC=COC3=CC2N(NCCc2ccccc2)C1O. The van der Waals surface area contributed by atoms with Crippen molar-refractivity contribution in [2.75, 3.05) is 6.54 Å². The van der Waals surface area contributed by atoms with Gasteiger partial charge in [-0.2, -0.15) is 0 Å². The quantitative estimate of drug-likeness (QED) is 0.876. The smallest absolute Gasteiger partial charge is 0.145 e. The number of benzene rings is 1. The van der Waals surface area contributed by atoms with Crippen LogP contribution in [0.1, 0.15) is 25.8 Å². The lowest BCUT2D eigenvalue weighted by Crippen LogP contribution is -2.64. The van der Waals surface area contributed by atoms with Crippen LogP contribution in [-0.4, -0.2) is 40.2 Å². The monoisotopic (exact) mass is 351 g/mol. The molecule has 2 unspecified atom stereocenters. The maximum Gasteiger partial charge on any atom is 0.145 e. The normalized spacial score (nSPS) is 26.8. The predicted octanol–water partition coefficient (Wildman–Crippen LogP) is 2.71. The Labute approximate surface area is 154 Å². The summed E-state index contributed by atoms with van der Waals surface area (Å²) in [5.41, 5.74) is 6.33. The van der Waals surface area contributed by atoms with Crippen molar-refractivity contribution in [1.82, 2.24) is 10.4 Å². The van der Waals surface area contributed by atoms with E-state index in [-0.39, 0.29) is 6.04 Å². The number of nitrogens with one attached hydrogen (secondary N) is 1. The molecule has 26 heavy (non-hydrogen) atoms. The first-order valence-electron chi connectivity index (χ1n) is 9.11. The van der Waals surface area contributed by atoms with Crippen molar-refractivity contribution in [2.45, 2.75) is 44.5 Å². The summed E-state index contributed by atoms with van der Waals surface area (Å²) in [7, 11) is 0. The highest BCUT2D eigenvalue weighted by Crippen LogP contribution is 2.34. The molecule has 1 aromatic rings. The van der Waals surface area contributed by atoms with Crippen LogP contribution >= 0.6 is 0 Å². The average Bonchev–Trinajstić information content (AvgIpc) is 2.64. The zero-order chi connectivity index (χ0) is 18.1. The van der Waals surface area contributed by atoms with Crippen molar-refractivity contribution in [3.8, 4) is 0 Å². The van der Waals surface area contributed by atoms with Gasteiger partial charge in [0.15, 0.2) is 0 Å². The van der Waals surface area contributed by atoms with Gasteiger partial charge in [-0.3, -0.25) is 10.4 Å². The molecular weight excluding hydrogens is 326 g/mol. The first kappa shape index (κ1) is 17.2. The minimum Gasteiger partial charge on any atom is -0.465 e. The Balaban J connectivity index is 1.55. The Bertz CT molecular complexity index is 793. The zero-order valence-electron chi connectivity index (χ0n) is 15.2. The first-order valence-corrected chi connectivity index (χ1v) is 9.11. The lowest BCUT2D eigenvalue weighted by atomic mass is 9.88. The van der Waals surface area contributed by atoms with Gasteiger partial charge in [-0.25, -0.2) is 5.01 Å². The summed E-state index contributed by atoms with van der Waals surface area (Å²) in [5, 5.41) is 12.8. The maximum atomic E-state index is 10.9. The van der Waals surface area contributed by atoms with Gasteiger partial charge in [-0.15, -0.1) is 0 Å². The highest BCUT2D eigenvalue weighted by Gasteiger charge is 2.44. The minimum atomic E-state index is -0.714. The topological polar surface area (TPSA) is 57.1 Å². The molecule has 0 fully saturated rings. The van der Waals surface area contributed by atoms with Gasteiger partial charge < -0.3 is 9.84 Å². The van der Waals surface area contributed by atoms with Gasteiger partial charge in [-0.1, -0.05) is 36.4 Å². The number of hydrogen-bond donors (Lipinski definition) is 2. The Morgan fingerprint density at radius 3 is 2.92 bits per heavy atom. The molecule has 2 N–H and O–H groups in total. The van der Waals surface area contributed by atoms with Gasteiger partial charge in [0.2, 0.25) is 0 Å². The van der Waals surface area contributed by atoms with E-state index in [0.717, 1.165) is 36.4 Å². The molecule has 0 amide bonds. The van der Waals surface area contributed by atoms with Gasteiger partial charge in [0, 0.05) is 24.3 Å². The van der Waals surface area contributed by atoms with Crippen LogP contribution in [0.3, 0.4) is 0 Å². The molecule has 0 radical (unpaired) electrons. The lowest BCUT2D eigenvalue weighted by molar-refractivity contribution is -0.0832. The highest BCUT2D eigenvalue weighted by molar-refractivity contribution is 5.96. The van der Waals surface area contributed by atoms with Crippen LogP contribution in [0.5, 0.6) is 0 Å². The molecule has 136 valence electrons. The standard InChI is InChI=1S/C21H25N3O2/c1-21(2)20(25)24(22-11-10-15-7-4-3-5-8-15)18-14-19-16(9-6-12-26-19)13-17(18)23-21/h3-9,12,14,18,20,22,25H,10-11,13H2,1-2H3. The first-order chi connectivity index (χ1) is 12.5. The summed E-state index contributed by atoms with van der Waals surface area (Å²) in [6.45, 7) is 4.68. The van der Waals surface area contributed by atoms with Crippen molar-refractivity contribution < 1.29 is 9.84 Å². The fourth-order valence-corrected chi connectivity index (χ4v) is 3.68. The number of aliphatic imine (C=N–C) groups is 1. The Kier molecular flexibility index (Phi) is 4.53. The predicted molar refractivity (Wildman–Crippen MR) is 102 cm³/mol. The zero-order valence-corrected chi connectivity index (χ0v) is 15.2. The van der Waals surface area contributed by atoms with Gasteiger partial charge in [-0.05, 0) is 38.0 Å². The van der Waals surface area contributed by atoms with Gasteiger partial charge in [0.25, 0.3) is 0 Å². The van der Waals surface area contributed by atoms with Crippen LogP contribution < -0.4 is 5.43 Å². The third kappa shape index (κ3) is 3.26. The van der Waals surface area contributed by atoms with E-state index >= 15 is 0 Å². The van der Waals surface area contributed by atoms with Crippen LogP contribution in [-0.2, 0) is 11.2 Å². The number of aliphatic hydroxyl groups excluding tert-OH is 1. The second-order valence-corrected chi connectivity index (χ2v) is 7.47. The number of rotatable bonds is 4. The summed E-state index contributed by atoms with van der Waals surface area (Å²) in [6.07, 6.45) is 8.64. The average molecular weight is 351 g/mol. The fraction of sp³-hybridized carbons (Fsp3) is 0.381. The lowest BCUT2D eigenvalue weighted by Gasteiger charge is -2.46. The maximum absolute atomic E-state index is 10.9. The largest absolute Gasteiger partial charge is 0.465 e. The van der Waals surface area contributed by atoms with E-state index in [1.807, 2.05) is 49.2 Å². The molecular formula is C21H25N3O2. The summed E-state index contributed by atoms with van der Waals surface area (Å²) >= 11 is 0. The minimum absolute atomic E-state index is 0.104. The molecule has 0 saturated carbocycles. The molecule has 0 saturated heterocycles. The summed E-state index contributed by atoms with van der Waals surface area (Å²) < 4.78 is 5.66. The fourth-order valence-electron chi connectivity index (χ4n) is 3.68. The number of aliphatic hydroxyl groups is 1. The summed E-state index contributed by atoms with van der Waals surface area (Å²) in [6, 6.07) is 10.3. The van der Waals surface area contributed by atoms with E-state index in [9.17, 15) is 5.11 Å². The van der Waals surface area contributed by atoms with Gasteiger partial charge in [0.1, 0.15) is 12.0 Å². The molecule has 2 heterocycles. The molecule has 1 aromatic carbocycles. The molecule has 1 aliphatic carbocycles. The van der Waals surface area contributed by atoms with Gasteiger partial charge in [0.05, 0.1) is 17.8 Å². The number of hydrazine groups is 1. The highest BCUT2D eigenvalue weighted by atomic mass is 16.5. The summed E-state index contributed by atoms with van der Waals surface area (Å²) in [4.78, 5) is 4.84. The molecule has 0 spiro atoms. The number of fused-ring (bicyclic) bond motifs is 2. The van der Waals surface area contributed by atoms with Crippen LogP contribution in [0.4, 0.5) is 0 Å². The van der Waals surface area contributed by atoms with Crippen LogP contribution in [0.2, 0.25) is 0 Å². The second kappa shape index (κ2) is 6.83. The molecule has 5 heteroatoms. The molecule has 2 atom stereocenters. The van der Waals surface area contributed by atoms with Crippen LogP contribution in [0.15, 0.2) is 71.1 Å². The second-order valence-electron chi connectivity index (χ2n) is 7.47. The van der Waals surface area contributed by atoms with Gasteiger partial charge >= 0.3 is 0 Å². The number of ether oxygens (including phenoxy) is 1. The van der Waals surface area contributed by atoms with Crippen molar-refractivity contribution in [3.63, 3.8) is 0 Å². The molecule has 0 aromatic heterocycles. The van der Waals surface area contributed by atoms with E-state index in [2.05, 4.69) is 23.6 Å². The van der Waals surface area contributed by atoms with Crippen molar-refractivity contribution >= 4 is 5.71 Å². The Hall–Kier alpha value is -2.21. The van der Waals surface area contributed by atoms with E-state index in [1.165, 1.54) is 5.56 Å². The van der Waals surface area contributed by atoms with E-state index < -0.39 is 11.8 Å². The number of nitrogens with zero attached hydrogens (tertiary/aromatic N) is 2. The molecule has 3 aliphatic rings. The van der Waals surface area contributed by atoms with Crippen molar-refractivity contribution in [3.05, 3.63) is 71.7 Å².